The molecule has 0 amide bonds. The molecule has 0 spiro atoms. The lowest BCUT2D eigenvalue weighted by atomic mass is 10.3. The summed E-state index contributed by atoms with van der Waals surface area (Å²) < 4.78 is 33.3. The number of nitrogens with zero attached hydrogens (tertiary/aromatic N) is 3. The zero-order valence-corrected chi connectivity index (χ0v) is 12.6. The van der Waals surface area contributed by atoms with E-state index in [1.54, 1.807) is 24.3 Å². The molecule has 2 aromatic carbocycles. The molecule has 2 aromatic heterocycles. The molecule has 7 heteroatoms. The number of imidazole rings is 1. The Morgan fingerprint density at radius 3 is 2.52 bits per heavy atom. The van der Waals surface area contributed by atoms with Crippen LogP contribution in [0.3, 0.4) is 0 Å². The van der Waals surface area contributed by atoms with Gasteiger partial charge in [-0.05, 0) is 24.3 Å². The number of para-hydroxylation sites is 4. The molecule has 4 aromatic rings. The molecule has 0 aliphatic rings. The zero-order valence-electron chi connectivity index (χ0n) is 11.8. The molecular formula is C16H11F2N3OS. The summed E-state index contributed by atoms with van der Waals surface area (Å²) in [5.74, 6) is 0.555. The Labute approximate surface area is 134 Å². The van der Waals surface area contributed by atoms with Crippen molar-refractivity contribution in [2.45, 2.75) is 17.5 Å². The van der Waals surface area contributed by atoms with Crippen molar-refractivity contribution < 1.29 is 13.2 Å². The van der Waals surface area contributed by atoms with Gasteiger partial charge in [0.05, 0.1) is 16.8 Å². The number of thioether (sulfide) groups is 1. The molecule has 4 nitrogen and oxygen atoms in total. The molecular weight excluding hydrogens is 320 g/mol. The minimum Gasteiger partial charge on any atom is -0.431 e. The third-order valence-corrected chi connectivity index (χ3v) is 4.29. The van der Waals surface area contributed by atoms with Crippen LogP contribution in [0.25, 0.3) is 22.1 Å². The number of fused-ring (bicyclic) bond motifs is 2. The van der Waals surface area contributed by atoms with Crippen LogP contribution in [0.1, 0.15) is 12.4 Å². The van der Waals surface area contributed by atoms with Crippen LogP contribution in [0.2, 0.25) is 0 Å². The monoisotopic (exact) mass is 331 g/mol. The van der Waals surface area contributed by atoms with Crippen LogP contribution in [0.15, 0.2) is 58.2 Å². The molecule has 0 bridgehead atoms. The summed E-state index contributed by atoms with van der Waals surface area (Å²) in [5, 5.41) is 0.444. The Morgan fingerprint density at radius 1 is 1.00 bits per heavy atom. The highest BCUT2D eigenvalue weighted by Gasteiger charge is 2.18. The molecule has 2 heterocycles. The highest BCUT2D eigenvalue weighted by atomic mass is 32.2. The molecule has 116 valence electrons. The van der Waals surface area contributed by atoms with Gasteiger partial charge in [-0.3, -0.25) is 4.57 Å². The van der Waals surface area contributed by atoms with Crippen molar-refractivity contribution >= 4 is 33.9 Å². The number of hydrogen-bond donors (Lipinski definition) is 0. The van der Waals surface area contributed by atoms with E-state index in [-0.39, 0.29) is 5.75 Å². The maximum absolute atomic E-state index is 13.4. The number of oxazole rings is 1. The number of halogens is 2. The van der Waals surface area contributed by atoms with E-state index in [2.05, 4.69) is 9.97 Å². The summed E-state index contributed by atoms with van der Waals surface area (Å²) in [4.78, 5) is 8.62. The molecule has 4 rings (SSSR count). The van der Waals surface area contributed by atoms with Crippen molar-refractivity contribution in [3.63, 3.8) is 0 Å². The fourth-order valence-corrected chi connectivity index (χ4v) is 3.22. The van der Waals surface area contributed by atoms with E-state index < -0.39 is 6.55 Å². The average Bonchev–Trinajstić information content (AvgIpc) is 3.13. The van der Waals surface area contributed by atoms with Gasteiger partial charge in [-0.1, -0.05) is 36.0 Å². The fraction of sp³-hybridized carbons (Fsp3) is 0.125. The van der Waals surface area contributed by atoms with E-state index in [1.165, 1.54) is 11.8 Å². The molecule has 0 radical (unpaired) electrons. The zero-order chi connectivity index (χ0) is 15.8. The van der Waals surface area contributed by atoms with Gasteiger partial charge < -0.3 is 4.42 Å². The Bertz CT molecular complexity index is 947. The molecule has 0 atom stereocenters. The SMILES string of the molecule is FC(F)n1c(CSc2nc3ccccc3o2)nc2ccccc21. The maximum atomic E-state index is 13.4. The van der Waals surface area contributed by atoms with Crippen LogP contribution in [-0.2, 0) is 5.75 Å². The minimum absolute atomic E-state index is 0.256. The van der Waals surface area contributed by atoms with E-state index in [1.807, 2.05) is 24.3 Å². The van der Waals surface area contributed by atoms with Crippen LogP contribution in [0.4, 0.5) is 8.78 Å². The van der Waals surface area contributed by atoms with Gasteiger partial charge in [-0.15, -0.1) is 0 Å². The number of aromatic nitrogens is 3. The lowest BCUT2D eigenvalue weighted by molar-refractivity contribution is 0.0722. The van der Waals surface area contributed by atoms with Gasteiger partial charge in [0, 0.05) is 0 Å². The molecule has 0 saturated carbocycles. The van der Waals surface area contributed by atoms with Crippen LogP contribution in [-0.4, -0.2) is 14.5 Å². The van der Waals surface area contributed by atoms with E-state index >= 15 is 0 Å². The Kier molecular flexibility index (Phi) is 3.49. The van der Waals surface area contributed by atoms with Crippen molar-refractivity contribution in [2.24, 2.45) is 0 Å². The van der Waals surface area contributed by atoms with Crippen LogP contribution in [0.5, 0.6) is 0 Å². The largest absolute Gasteiger partial charge is 0.431 e. The van der Waals surface area contributed by atoms with Gasteiger partial charge >= 0.3 is 6.55 Å². The van der Waals surface area contributed by atoms with Crippen molar-refractivity contribution in [1.82, 2.24) is 14.5 Å². The molecule has 23 heavy (non-hydrogen) atoms. The van der Waals surface area contributed by atoms with Gasteiger partial charge in [0.25, 0.3) is 5.22 Å². The molecule has 0 saturated heterocycles. The highest BCUT2D eigenvalue weighted by molar-refractivity contribution is 7.98. The quantitative estimate of drug-likeness (QED) is 0.501. The average molecular weight is 331 g/mol. The predicted octanol–water partition coefficient (Wildman–Crippen LogP) is 4.86. The topological polar surface area (TPSA) is 43.9 Å². The Hall–Kier alpha value is -2.41. The maximum Gasteiger partial charge on any atom is 0.320 e. The molecule has 0 unspecified atom stereocenters. The normalized spacial score (nSPS) is 11.8. The first-order valence-corrected chi connectivity index (χ1v) is 7.93. The van der Waals surface area contributed by atoms with Gasteiger partial charge in [0.2, 0.25) is 0 Å². The molecule has 0 fully saturated rings. The minimum atomic E-state index is -2.64. The second-order valence-corrected chi connectivity index (χ2v) is 5.83. The van der Waals surface area contributed by atoms with Gasteiger partial charge in [0.15, 0.2) is 5.58 Å². The van der Waals surface area contributed by atoms with E-state index in [0.717, 1.165) is 10.1 Å². The predicted molar refractivity (Wildman–Crippen MR) is 84.6 cm³/mol. The van der Waals surface area contributed by atoms with Crippen LogP contribution < -0.4 is 0 Å². The standard InChI is InChI=1S/C16H11F2N3OS/c17-15(18)21-12-7-3-1-5-10(12)19-14(21)9-23-16-20-11-6-2-4-8-13(11)22-16/h1-8,15H,9H2. The van der Waals surface area contributed by atoms with Gasteiger partial charge in [-0.2, -0.15) is 8.78 Å². The van der Waals surface area contributed by atoms with E-state index in [4.69, 9.17) is 4.42 Å². The van der Waals surface area contributed by atoms with Crippen molar-refractivity contribution in [3.05, 3.63) is 54.4 Å². The second-order valence-electron chi connectivity index (χ2n) is 4.90. The van der Waals surface area contributed by atoms with E-state index in [9.17, 15) is 8.78 Å². The Balaban J connectivity index is 1.65. The third kappa shape index (κ3) is 2.57. The van der Waals surface area contributed by atoms with Crippen LogP contribution in [0, 0.1) is 0 Å². The van der Waals surface area contributed by atoms with Crippen molar-refractivity contribution in [3.8, 4) is 0 Å². The third-order valence-electron chi connectivity index (χ3n) is 3.46. The smallest absolute Gasteiger partial charge is 0.320 e. The summed E-state index contributed by atoms with van der Waals surface area (Å²) in [6, 6.07) is 14.3. The molecule has 0 aliphatic heterocycles. The fourth-order valence-electron chi connectivity index (χ4n) is 2.45. The number of alkyl halides is 2. The number of benzene rings is 2. The summed E-state index contributed by atoms with van der Waals surface area (Å²) in [7, 11) is 0. The first-order chi connectivity index (χ1) is 11.2. The Morgan fingerprint density at radius 2 is 1.74 bits per heavy atom. The first-order valence-electron chi connectivity index (χ1n) is 6.95. The second kappa shape index (κ2) is 5.66. The van der Waals surface area contributed by atoms with Crippen molar-refractivity contribution in [2.75, 3.05) is 0 Å². The van der Waals surface area contributed by atoms with E-state index in [0.29, 0.717) is 27.7 Å². The van der Waals surface area contributed by atoms with Gasteiger partial charge in [0.1, 0.15) is 11.3 Å². The summed E-state index contributed by atoms with van der Waals surface area (Å²) in [6.45, 7) is -2.64. The van der Waals surface area contributed by atoms with Gasteiger partial charge in [-0.25, -0.2) is 9.97 Å². The van der Waals surface area contributed by atoms with Crippen molar-refractivity contribution in [1.29, 1.82) is 0 Å². The van der Waals surface area contributed by atoms with Crippen LogP contribution >= 0.6 is 11.8 Å². The number of hydrogen-bond acceptors (Lipinski definition) is 4. The molecule has 0 N–H and O–H groups in total. The lowest BCUT2D eigenvalue weighted by Gasteiger charge is -2.06. The summed E-state index contributed by atoms with van der Waals surface area (Å²) in [6.07, 6.45) is 0. The lowest BCUT2D eigenvalue weighted by Crippen LogP contribution is -2.03. The summed E-state index contributed by atoms with van der Waals surface area (Å²) >= 11 is 1.25. The first kappa shape index (κ1) is 14.2. The number of rotatable bonds is 4. The summed E-state index contributed by atoms with van der Waals surface area (Å²) in [5.41, 5.74) is 2.41. The highest BCUT2D eigenvalue weighted by Crippen LogP contribution is 2.29. The molecule has 0 aliphatic carbocycles.